The number of aliphatic hydroxyl groups is 1. The van der Waals surface area contributed by atoms with E-state index in [0.717, 1.165) is 39.1 Å². The van der Waals surface area contributed by atoms with Gasteiger partial charge in [-0.3, -0.25) is 4.90 Å². The first-order valence-electron chi connectivity index (χ1n) is 5.00. The fourth-order valence-electron chi connectivity index (χ4n) is 1.53. The van der Waals surface area contributed by atoms with Crippen LogP contribution in [0.25, 0.3) is 0 Å². The van der Waals surface area contributed by atoms with Gasteiger partial charge >= 0.3 is 0 Å². The highest BCUT2D eigenvalue weighted by molar-refractivity contribution is 4.96. The van der Waals surface area contributed by atoms with Crippen molar-refractivity contribution in [3.63, 3.8) is 0 Å². The molecule has 1 atom stereocenters. The third-order valence-corrected chi connectivity index (χ3v) is 2.40. The van der Waals surface area contributed by atoms with Crippen molar-refractivity contribution in [3.8, 4) is 0 Å². The lowest BCUT2D eigenvalue weighted by Gasteiger charge is -2.21. The summed E-state index contributed by atoms with van der Waals surface area (Å²) >= 11 is 0. The minimum atomic E-state index is -0.229. The van der Waals surface area contributed by atoms with E-state index in [-0.39, 0.29) is 6.10 Å². The molecule has 0 aromatic rings. The molecule has 0 aromatic heterocycles. The molecule has 1 aliphatic rings. The fraction of sp³-hybridized carbons (Fsp3) is 0.800. The summed E-state index contributed by atoms with van der Waals surface area (Å²) in [7, 11) is 0. The summed E-state index contributed by atoms with van der Waals surface area (Å²) in [5.74, 6) is 0. The Hall–Kier alpha value is -0.380. The zero-order chi connectivity index (χ0) is 9.68. The standard InChI is InChI=1S/C10H20N2O/c1-3-9(2)7-12-5-4-11-6-10(13)8-12/h10-11,13H,2-8H2,1H3. The Kier molecular flexibility index (Phi) is 4.42. The van der Waals surface area contributed by atoms with Crippen LogP contribution in [0.1, 0.15) is 13.3 Å². The average Bonchev–Trinajstić information content (AvgIpc) is 2.30. The molecule has 0 bridgehead atoms. The number of aliphatic hydroxyl groups excluding tert-OH is 1. The lowest BCUT2D eigenvalue weighted by atomic mass is 10.2. The second kappa shape index (κ2) is 5.37. The van der Waals surface area contributed by atoms with Gasteiger partial charge in [0.15, 0.2) is 0 Å². The van der Waals surface area contributed by atoms with Crippen molar-refractivity contribution in [2.75, 3.05) is 32.7 Å². The molecule has 3 nitrogen and oxygen atoms in total. The van der Waals surface area contributed by atoms with Crippen molar-refractivity contribution in [2.24, 2.45) is 0 Å². The van der Waals surface area contributed by atoms with Crippen LogP contribution in [0.15, 0.2) is 12.2 Å². The van der Waals surface area contributed by atoms with Crippen molar-refractivity contribution < 1.29 is 5.11 Å². The van der Waals surface area contributed by atoms with E-state index in [4.69, 9.17) is 0 Å². The fourth-order valence-corrected chi connectivity index (χ4v) is 1.53. The Morgan fingerprint density at radius 3 is 3.15 bits per heavy atom. The maximum Gasteiger partial charge on any atom is 0.0791 e. The monoisotopic (exact) mass is 184 g/mol. The number of nitrogens with one attached hydrogen (secondary N) is 1. The number of rotatable bonds is 3. The number of hydrogen-bond acceptors (Lipinski definition) is 3. The van der Waals surface area contributed by atoms with E-state index in [1.165, 1.54) is 5.57 Å². The second-order valence-electron chi connectivity index (χ2n) is 3.70. The first-order chi connectivity index (χ1) is 6.22. The zero-order valence-electron chi connectivity index (χ0n) is 8.42. The van der Waals surface area contributed by atoms with Crippen LogP contribution < -0.4 is 5.32 Å². The summed E-state index contributed by atoms with van der Waals surface area (Å²) in [6.45, 7) is 10.5. The quantitative estimate of drug-likeness (QED) is 0.616. The lowest BCUT2D eigenvalue weighted by Crippen LogP contribution is -2.34. The Labute approximate surface area is 80.4 Å². The third kappa shape index (κ3) is 3.89. The molecule has 13 heavy (non-hydrogen) atoms. The summed E-state index contributed by atoms with van der Waals surface area (Å²) in [5, 5.41) is 12.7. The SMILES string of the molecule is C=C(CC)CN1CCNCC(O)C1. The molecular formula is C10H20N2O. The Morgan fingerprint density at radius 1 is 1.69 bits per heavy atom. The van der Waals surface area contributed by atoms with E-state index < -0.39 is 0 Å². The van der Waals surface area contributed by atoms with E-state index >= 15 is 0 Å². The Balaban J connectivity index is 2.34. The van der Waals surface area contributed by atoms with E-state index in [2.05, 4.69) is 23.7 Å². The highest BCUT2D eigenvalue weighted by Crippen LogP contribution is 2.03. The molecule has 1 unspecified atom stereocenters. The van der Waals surface area contributed by atoms with Crippen LogP contribution in [0.4, 0.5) is 0 Å². The summed E-state index contributed by atoms with van der Waals surface area (Å²) in [6.07, 6.45) is 0.798. The van der Waals surface area contributed by atoms with Gasteiger partial charge in [-0.25, -0.2) is 0 Å². The molecule has 2 N–H and O–H groups in total. The second-order valence-corrected chi connectivity index (χ2v) is 3.70. The van der Waals surface area contributed by atoms with Crippen LogP contribution in [-0.2, 0) is 0 Å². The van der Waals surface area contributed by atoms with Gasteiger partial charge in [0.2, 0.25) is 0 Å². The molecule has 3 heteroatoms. The average molecular weight is 184 g/mol. The normalized spacial score (nSPS) is 25.5. The molecule has 1 heterocycles. The van der Waals surface area contributed by atoms with E-state index in [9.17, 15) is 5.11 Å². The largest absolute Gasteiger partial charge is 0.390 e. The van der Waals surface area contributed by atoms with Gasteiger partial charge in [0.05, 0.1) is 6.10 Å². The highest BCUT2D eigenvalue weighted by Gasteiger charge is 2.15. The van der Waals surface area contributed by atoms with Crippen LogP contribution in [-0.4, -0.2) is 48.8 Å². The molecule has 1 rings (SSSR count). The molecule has 0 radical (unpaired) electrons. The van der Waals surface area contributed by atoms with Crippen LogP contribution in [0.3, 0.4) is 0 Å². The molecule has 0 aromatic carbocycles. The van der Waals surface area contributed by atoms with Gasteiger partial charge in [0, 0.05) is 32.7 Å². The smallest absolute Gasteiger partial charge is 0.0791 e. The van der Waals surface area contributed by atoms with Crippen molar-refractivity contribution in [1.29, 1.82) is 0 Å². The van der Waals surface area contributed by atoms with Crippen molar-refractivity contribution >= 4 is 0 Å². The van der Waals surface area contributed by atoms with Crippen molar-refractivity contribution in [1.82, 2.24) is 10.2 Å². The molecule has 76 valence electrons. The lowest BCUT2D eigenvalue weighted by molar-refractivity contribution is 0.135. The van der Waals surface area contributed by atoms with Crippen molar-refractivity contribution in [3.05, 3.63) is 12.2 Å². The van der Waals surface area contributed by atoms with Crippen LogP contribution >= 0.6 is 0 Å². The van der Waals surface area contributed by atoms with Gasteiger partial charge in [-0.05, 0) is 6.42 Å². The Morgan fingerprint density at radius 2 is 2.46 bits per heavy atom. The maximum absolute atomic E-state index is 9.51. The molecular weight excluding hydrogens is 164 g/mol. The molecule has 0 amide bonds. The summed E-state index contributed by atoms with van der Waals surface area (Å²) in [6, 6.07) is 0. The van der Waals surface area contributed by atoms with Gasteiger partial charge < -0.3 is 10.4 Å². The van der Waals surface area contributed by atoms with Gasteiger partial charge in [-0.2, -0.15) is 0 Å². The first kappa shape index (κ1) is 10.7. The summed E-state index contributed by atoms with van der Waals surface area (Å²) in [5.41, 5.74) is 1.24. The van der Waals surface area contributed by atoms with Gasteiger partial charge in [-0.1, -0.05) is 19.1 Å². The van der Waals surface area contributed by atoms with Crippen LogP contribution in [0, 0.1) is 0 Å². The summed E-state index contributed by atoms with van der Waals surface area (Å²) in [4.78, 5) is 2.26. The van der Waals surface area contributed by atoms with E-state index in [0.29, 0.717) is 0 Å². The highest BCUT2D eigenvalue weighted by atomic mass is 16.3. The predicted octanol–water partition coefficient (Wildman–Crippen LogP) is 0.219. The summed E-state index contributed by atoms with van der Waals surface area (Å²) < 4.78 is 0. The maximum atomic E-state index is 9.51. The molecule has 1 fully saturated rings. The molecule has 0 spiro atoms. The zero-order valence-corrected chi connectivity index (χ0v) is 8.42. The molecule has 0 aliphatic carbocycles. The van der Waals surface area contributed by atoms with Crippen LogP contribution in [0.2, 0.25) is 0 Å². The minimum Gasteiger partial charge on any atom is -0.390 e. The molecule has 0 saturated carbocycles. The number of β-amino-alcohol motifs (C(OH)–C–C–N with tert-alkyl or cyclic N) is 1. The topological polar surface area (TPSA) is 35.5 Å². The third-order valence-electron chi connectivity index (χ3n) is 2.40. The number of hydrogen-bond donors (Lipinski definition) is 2. The molecule has 1 aliphatic heterocycles. The Bertz CT molecular complexity index is 170. The predicted molar refractivity (Wildman–Crippen MR) is 54.7 cm³/mol. The van der Waals surface area contributed by atoms with Gasteiger partial charge in [0.25, 0.3) is 0 Å². The van der Waals surface area contributed by atoms with E-state index in [1.54, 1.807) is 0 Å². The first-order valence-corrected chi connectivity index (χ1v) is 5.00. The van der Waals surface area contributed by atoms with E-state index in [1.807, 2.05) is 0 Å². The van der Waals surface area contributed by atoms with Gasteiger partial charge in [0.1, 0.15) is 0 Å². The van der Waals surface area contributed by atoms with Gasteiger partial charge in [-0.15, -0.1) is 0 Å². The number of nitrogens with zero attached hydrogens (tertiary/aromatic N) is 1. The minimum absolute atomic E-state index is 0.229. The molecule has 1 saturated heterocycles. The van der Waals surface area contributed by atoms with Crippen LogP contribution in [0.5, 0.6) is 0 Å². The van der Waals surface area contributed by atoms with Crippen molar-refractivity contribution in [2.45, 2.75) is 19.4 Å².